The minimum Gasteiger partial charge on any atom is -0.316 e. The second-order valence-corrected chi connectivity index (χ2v) is 2.24. The van der Waals surface area contributed by atoms with Gasteiger partial charge in [0.25, 0.3) is 0 Å². The van der Waals surface area contributed by atoms with Gasteiger partial charge in [0.2, 0.25) is 0 Å². The van der Waals surface area contributed by atoms with Gasteiger partial charge in [0.15, 0.2) is 0 Å². The van der Waals surface area contributed by atoms with Gasteiger partial charge in [-0.3, -0.25) is 0 Å². The van der Waals surface area contributed by atoms with E-state index < -0.39 is 0 Å². The van der Waals surface area contributed by atoms with Crippen LogP contribution in [0.4, 0.5) is 0 Å². The first-order chi connectivity index (χ1) is 3.93. The Hall–Kier alpha value is 0.210. The number of rotatable bonds is 1. The molecule has 1 atom stereocenters. The third-order valence-electron chi connectivity index (χ3n) is 1.53. The Labute approximate surface area is 73.6 Å². The molecular formula is C6H13Cl2NO. The highest BCUT2D eigenvalue weighted by Gasteiger charge is 2.09. The van der Waals surface area contributed by atoms with Crippen LogP contribution >= 0.6 is 24.8 Å². The Morgan fingerprint density at radius 3 is 2.40 bits per heavy atom. The first-order valence-corrected chi connectivity index (χ1v) is 3.09. The first kappa shape index (κ1) is 12.8. The number of nitrogens with one attached hydrogen (secondary N) is 1. The van der Waals surface area contributed by atoms with Crippen LogP contribution in [0.15, 0.2) is 0 Å². The molecule has 1 rings (SSSR count). The Morgan fingerprint density at radius 1 is 1.40 bits per heavy atom. The second kappa shape index (κ2) is 7.32. The van der Waals surface area contributed by atoms with Crippen molar-refractivity contribution >= 4 is 31.1 Å². The molecule has 62 valence electrons. The van der Waals surface area contributed by atoms with E-state index >= 15 is 0 Å². The molecule has 1 aliphatic rings. The van der Waals surface area contributed by atoms with E-state index in [1.54, 1.807) is 0 Å². The van der Waals surface area contributed by atoms with Crippen LogP contribution in [0.2, 0.25) is 0 Å². The van der Waals surface area contributed by atoms with E-state index in [4.69, 9.17) is 0 Å². The number of hydrogen-bond donors (Lipinski definition) is 1. The fourth-order valence-electron chi connectivity index (χ4n) is 0.995. The van der Waals surface area contributed by atoms with E-state index in [0.717, 1.165) is 32.2 Å². The predicted molar refractivity (Wildman–Crippen MR) is 46.2 cm³/mol. The molecule has 4 heteroatoms. The fourth-order valence-corrected chi connectivity index (χ4v) is 0.995. The highest BCUT2D eigenvalue weighted by atomic mass is 35.5. The Balaban J connectivity index is 0. The van der Waals surface area contributed by atoms with Gasteiger partial charge in [0.05, 0.1) is 0 Å². The molecule has 1 aliphatic heterocycles. The van der Waals surface area contributed by atoms with Crippen LogP contribution in [0.25, 0.3) is 0 Å². The zero-order chi connectivity index (χ0) is 5.82. The van der Waals surface area contributed by atoms with Gasteiger partial charge in [0.1, 0.15) is 6.29 Å². The van der Waals surface area contributed by atoms with E-state index in [-0.39, 0.29) is 24.8 Å². The van der Waals surface area contributed by atoms with Crippen LogP contribution < -0.4 is 5.32 Å². The zero-order valence-corrected chi connectivity index (χ0v) is 7.34. The lowest BCUT2D eigenvalue weighted by Gasteiger charge is -2.16. The van der Waals surface area contributed by atoms with Crippen LogP contribution in [0.3, 0.4) is 0 Å². The van der Waals surface area contributed by atoms with E-state index in [1.807, 2.05) is 0 Å². The highest BCUT2D eigenvalue weighted by Crippen LogP contribution is 2.05. The molecule has 10 heavy (non-hydrogen) atoms. The summed E-state index contributed by atoms with van der Waals surface area (Å²) in [5.74, 6) is 0.295. The molecule has 2 nitrogen and oxygen atoms in total. The Kier molecular flexibility index (Phi) is 9.40. The van der Waals surface area contributed by atoms with Crippen molar-refractivity contribution in [1.29, 1.82) is 0 Å². The smallest absolute Gasteiger partial charge is 0.124 e. The molecule has 1 fully saturated rings. The van der Waals surface area contributed by atoms with Gasteiger partial charge in [-0.15, -0.1) is 24.8 Å². The molecule has 1 heterocycles. The summed E-state index contributed by atoms with van der Waals surface area (Å²) in [6.45, 7) is 1.98. The summed E-state index contributed by atoms with van der Waals surface area (Å²) in [4.78, 5) is 10.1. The van der Waals surface area contributed by atoms with Crippen molar-refractivity contribution in [3.63, 3.8) is 0 Å². The molecule has 0 saturated carbocycles. The topological polar surface area (TPSA) is 29.1 Å². The largest absolute Gasteiger partial charge is 0.316 e. The van der Waals surface area contributed by atoms with E-state index in [2.05, 4.69) is 5.32 Å². The van der Waals surface area contributed by atoms with Gasteiger partial charge in [-0.2, -0.15) is 0 Å². The lowest BCUT2D eigenvalue weighted by Crippen LogP contribution is -2.30. The van der Waals surface area contributed by atoms with Crippen molar-refractivity contribution in [3.05, 3.63) is 0 Å². The summed E-state index contributed by atoms with van der Waals surface area (Å²) < 4.78 is 0. The van der Waals surface area contributed by atoms with Crippen LogP contribution in [-0.2, 0) is 4.79 Å². The molecule has 0 amide bonds. The molecule has 0 aliphatic carbocycles. The maximum atomic E-state index is 10.1. The minimum absolute atomic E-state index is 0. The number of hydrogen-bond acceptors (Lipinski definition) is 2. The van der Waals surface area contributed by atoms with Crippen LogP contribution in [0.5, 0.6) is 0 Å². The third kappa shape index (κ3) is 4.09. The summed E-state index contributed by atoms with van der Waals surface area (Å²) in [7, 11) is 0. The molecule has 0 radical (unpaired) electrons. The van der Waals surface area contributed by atoms with Crippen molar-refractivity contribution in [2.45, 2.75) is 12.8 Å². The van der Waals surface area contributed by atoms with Gasteiger partial charge in [-0.25, -0.2) is 0 Å². The molecule has 0 unspecified atom stereocenters. The average Bonchev–Trinajstić information content (AvgIpc) is 1.90. The summed E-state index contributed by atoms with van der Waals surface area (Å²) in [5, 5.41) is 3.15. The van der Waals surface area contributed by atoms with Crippen LogP contribution in [0.1, 0.15) is 12.8 Å². The number of aldehydes is 1. The number of carbonyl (C=O) groups is 1. The molecule has 0 bridgehead atoms. The predicted octanol–water partition coefficient (Wildman–Crippen LogP) is 1.03. The molecule has 0 aromatic rings. The fraction of sp³-hybridized carbons (Fsp3) is 0.833. The summed E-state index contributed by atoms with van der Waals surface area (Å²) in [5.41, 5.74) is 0. The van der Waals surface area contributed by atoms with Gasteiger partial charge >= 0.3 is 0 Å². The number of carbonyl (C=O) groups excluding carboxylic acids is 1. The van der Waals surface area contributed by atoms with Crippen molar-refractivity contribution < 1.29 is 4.79 Å². The lowest BCUT2D eigenvalue weighted by molar-refractivity contribution is -0.111. The van der Waals surface area contributed by atoms with Crippen molar-refractivity contribution in [2.75, 3.05) is 13.1 Å². The summed E-state index contributed by atoms with van der Waals surface area (Å²) >= 11 is 0. The molecule has 0 aromatic carbocycles. The van der Waals surface area contributed by atoms with Gasteiger partial charge < -0.3 is 10.1 Å². The second-order valence-electron chi connectivity index (χ2n) is 2.24. The van der Waals surface area contributed by atoms with Crippen LogP contribution in [0, 0.1) is 5.92 Å². The average molecular weight is 186 g/mol. The Morgan fingerprint density at radius 2 is 2.10 bits per heavy atom. The van der Waals surface area contributed by atoms with Crippen molar-refractivity contribution in [2.24, 2.45) is 5.92 Å². The first-order valence-electron chi connectivity index (χ1n) is 3.09. The number of halogens is 2. The quantitative estimate of drug-likeness (QED) is 0.619. The molecule has 1 N–H and O–H groups in total. The van der Waals surface area contributed by atoms with Crippen molar-refractivity contribution in [3.8, 4) is 0 Å². The lowest BCUT2D eigenvalue weighted by atomic mass is 10.0. The highest BCUT2D eigenvalue weighted by molar-refractivity contribution is 5.85. The van der Waals surface area contributed by atoms with Crippen LogP contribution in [-0.4, -0.2) is 19.4 Å². The molecular weight excluding hydrogens is 173 g/mol. The third-order valence-corrected chi connectivity index (χ3v) is 1.53. The van der Waals surface area contributed by atoms with Gasteiger partial charge in [-0.1, -0.05) is 0 Å². The maximum Gasteiger partial charge on any atom is 0.124 e. The van der Waals surface area contributed by atoms with E-state index in [0.29, 0.717) is 5.92 Å². The van der Waals surface area contributed by atoms with Gasteiger partial charge in [-0.05, 0) is 19.4 Å². The number of piperidine rings is 1. The minimum atomic E-state index is 0. The van der Waals surface area contributed by atoms with Gasteiger partial charge in [0, 0.05) is 12.5 Å². The van der Waals surface area contributed by atoms with E-state index in [1.165, 1.54) is 0 Å². The molecule has 1 saturated heterocycles. The maximum absolute atomic E-state index is 10.1. The summed E-state index contributed by atoms with van der Waals surface area (Å²) in [6.07, 6.45) is 3.28. The SMILES string of the molecule is Cl.Cl.O=C[C@@H]1CCCNC1. The molecule has 0 spiro atoms. The van der Waals surface area contributed by atoms with E-state index in [9.17, 15) is 4.79 Å². The molecule has 0 aromatic heterocycles. The normalized spacial score (nSPS) is 23.8. The monoisotopic (exact) mass is 185 g/mol. The standard InChI is InChI=1S/C6H11NO.2ClH/c8-5-6-2-1-3-7-4-6;;/h5-7H,1-4H2;2*1H/t6-;;/m1../s1. The summed E-state index contributed by atoms with van der Waals surface area (Å²) in [6, 6.07) is 0. The van der Waals surface area contributed by atoms with Crippen molar-refractivity contribution in [1.82, 2.24) is 5.32 Å². The zero-order valence-electron chi connectivity index (χ0n) is 5.71. The Bertz CT molecular complexity index is 83.8.